The first-order chi connectivity index (χ1) is 13.0. The summed E-state index contributed by atoms with van der Waals surface area (Å²) < 4.78 is 16.0. The first-order valence-electron chi connectivity index (χ1n) is 9.23. The van der Waals surface area contributed by atoms with E-state index in [9.17, 15) is 14.4 Å². The van der Waals surface area contributed by atoms with Crippen LogP contribution in [0.4, 0.5) is 16.2 Å². The molecule has 1 N–H and O–H groups in total. The zero-order valence-corrected chi connectivity index (χ0v) is 17.2. The molecule has 2 rings (SSSR count). The number of ether oxygens (including phenoxy) is 3. The van der Waals surface area contributed by atoms with Gasteiger partial charge in [-0.1, -0.05) is 13.8 Å². The van der Waals surface area contributed by atoms with E-state index in [1.165, 1.54) is 4.90 Å². The largest absolute Gasteiger partial charge is 0.482 e. The molecule has 1 aromatic carbocycles. The maximum atomic E-state index is 12.4. The van der Waals surface area contributed by atoms with Gasteiger partial charge in [0, 0.05) is 5.69 Å². The first-order valence-corrected chi connectivity index (χ1v) is 9.23. The van der Waals surface area contributed by atoms with Crippen LogP contribution in [0.1, 0.15) is 41.5 Å². The number of hydrogen-bond acceptors (Lipinski definition) is 6. The molecule has 1 atom stereocenters. The number of amides is 2. The van der Waals surface area contributed by atoms with Gasteiger partial charge in [-0.05, 0) is 51.8 Å². The van der Waals surface area contributed by atoms with Gasteiger partial charge in [0.1, 0.15) is 17.4 Å². The number of carbonyl (C=O) groups excluding carboxylic acids is 3. The predicted molar refractivity (Wildman–Crippen MR) is 105 cm³/mol. The van der Waals surface area contributed by atoms with Gasteiger partial charge in [0.05, 0.1) is 12.3 Å². The summed E-state index contributed by atoms with van der Waals surface area (Å²) in [5, 5.41) is 2.62. The molecule has 0 radical (unpaired) electrons. The SMILES string of the molecule is CC(C)COC(=O)C(C)N1C(=O)COc2ccc(NC(=O)OC(C)(C)C)cc21. The molecule has 1 heterocycles. The summed E-state index contributed by atoms with van der Waals surface area (Å²) in [5.41, 5.74) is 0.163. The third-order valence-corrected chi connectivity index (χ3v) is 3.77. The standard InChI is InChI=1S/C20H28N2O6/c1-12(2)10-27-18(24)13(3)22-15-9-14(21-19(25)28-20(4,5)6)7-8-16(15)26-11-17(22)23/h7-9,12-13H,10-11H2,1-6H3,(H,21,25). The third kappa shape index (κ3) is 5.61. The van der Waals surface area contributed by atoms with Gasteiger partial charge in [0.2, 0.25) is 0 Å². The van der Waals surface area contributed by atoms with Crippen molar-refractivity contribution in [3.8, 4) is 5.75 Å². The van der Waals surface area contributed by atoms with Gasteiger partial charge in [-0.15, -0.1) is 0 Å². The molecule has 1 aromatic rings. The van der Waals surface area contributed by atoms with Gasteiger partial charge in [-0.25, -0.2) is 9.59 Å². The molecule has 0 saturated carbocycles. The monoisotopic (exact) mass is 392 g/mol. The molecule has 0 fully saturated rings. The number of anilines is 2. The average molecular weight is 392 g/mol. The lowest BCUT2D eigenvalue weighted by Gasteiger charge is -2.33. The van der Waals surface area contributed by atoms with E-state index in [1.807, 2.05) is 13.8 Å². The minimum atomic E-state index is -0.828. The van der Waals surface area contributed by atoms with Gasteiger partial charge in [0.25, 0.3) is 5.91 Å². The van der Waals surface area contributed by atoms with Crippen LogP contribution in [-0.4, -0.2) is 42.8 Å². The first kappa shape index (κ1) is 21.5. The van der Waals surface area contributed by atoms with Gasteiger partial charge in [-0.2, -0.15) is 0 Å². The Balaban J connectivity index is 2.23. The highest BCUT2D eigenvalue weighted by Crippen LogP contribution is 2.36. The van der Waals surface area contributed by atoms with E-state index in [0.717, 1.165) is 0 Å². The molecular formula is C20H28N2O6. The minimum Gasteiger partial charge on any atom is -0.482 e. The quantitative estimate of drug-likeness (QED) is 0.773. The number of nitrogens with zero attached hydrogens (tertiary/aromatic N) is 1. The molecule has 0 spiro atoms. The van der Waals surface area contributed by atoms with Gasteiger partial charge >= 0.3 is 12.1 Å². The Morgan fingerprint density at radius 1 is 1.25 bits per heavy atom. The Kier molecular flexibility index (Phi) is 6.53. The highest BCUT2D eigenvalue weighted by Gasteiger charge is 2.34. The number of benzene rings is 1. The van der Waals surface area contributed by atoms with Crippen molar-refractivity contribution < 1.29 is 28.6 Å². The number of esters is 1. The van der Waals surface area contributed by atoms with Crippen LogP contribution in [0.5, 0.6) is 5.75 Å². The second kappa shape index (κ2) is 8.50. The predicted octanol–water partition coefficient (Wildman–Crippen LogP) is 3.35. The fourth-order valence-corrected chi connectivity index (χ4v) is 2.57. The van der Waals surface area contributed by atoms with Crippen molar-refractivity contribution in [1.29, 1.82) is 0 Å². The molecule has 154 valence electrons. The molecule has 1 unspecified atom stereocenters. The molecule has 2 amide bonds. The molecule has 1 aliphatic heterocycles. The summed E-state index contributed by atoms with van der Waals surface area (Å²) in [7, 11) is 0. The van der Waals surface area contributed by atoms with Crippen LogP contribution in [0, 0.1) is 5.92 Å². The molecule has 0 aliphatic carbocycles. The molecule has 0 aromatic heterocycles. The Labute approximate surface area is 165 Å². The normalized spacial score (nSPS) is 14.8. The van der Waals surface area contributed by atoms with E-state index in [0.29, 0.717) is 17.1 Å². The Morgan fingerprint density at radius 2 is 1.93 bits per heavy atom. The average Bonchev–Trinajstić information content (AvgIpc) is 2.57. The van der Waals surface area contributed by atoms with E-state index >= 15 is 0 Å². The van der Waals surface area contributed by atoms with Gasteiger partial charge < -0.3 is 14.2 Å². The van der Waals surface area contributed by atoms with Crippen molar-refractivity contribution in [3.63, 3.8) is 0 Å². The Hall–Kier alpha value is -2.77. The van der Waals surface area contributed by atoms with E-state index in [4.69, 9.17) is 14.2 Å². The van der Waals surface area contributed by atoms with Gasteiger partial charge in [-0.3, -0.25) is 15.0 Å². The molecule has 0 saturated heterocycles. The summed E-state index contributed by atoms with van der Waals surface area (Å²) >= 11 is 0. The second-order valence-electron chi connectivity index (χ2n) is 8.06. The van der Waals surface area contributed by atoms with Gasteiger partial charge in [0.15, 0.2) is 6.61 Å². The maximum absolute atomic E-state index is 12.4. The lowest BCUT2D eigenvalue weighted by Crippen LogP contribution is -2.48. The van der Waals surface area contributed by atoms with E-state index in [1.54, 1.807) is 45.9 Å². The van der Waals surface area contributed by atoms with Crippen molar-refractivity contribution in [2.75, 3.05) is 23.4 Å². The number of nitrogens with one attached hydrogen (secondary N) is 1. The Morgan fingerprint density at radius 3 is 2.54 bits per heavy atom. The van der Waals surface area contributed by atoms with Crippen molar-refractivity contribution in [1.82, 2.24) is 0 Å². The molecule has 28 heavy (non-hydrogen) atoms. The fourth-order valence-electron chi connectivity index (χ4n) is 2.57. The van der Waals surface area contributed by atoms with Crippen molar-refractivity contribution in [2.45, 2.75) is 53.2 Å². The summed E-state index contributed by atoms with van der Waals surface area (Å²) in [5.74, 6) is -0.234. The number of fused-ring (bicyclic) bond motifs is 1. The molecular weight excluding hydrogens is 364 g/mol. The zero-order chi connectivity index (χ0) is 21.1. The minimum absolute atomic E-state index is 0.173. The topological polar surface area (TPSA) is 94.2 Å². The smallest absolute Gasteiger partial charge is 0.412 e. The highest BCUT2D eigenvalue weighted by molar-refractivity contribution is 6.03. The molecule has 0 bridgehead atoms. The zero-order valence-electron chi connectivity index (χ0n) is 17.2. The summed E-state index contributed by atoms with van der Waals surface area (Å²) in [6.07, 6.45) is -0.619. The number of carbonyl (C=O) groups is 3. The lowest BCUT2D eigenvalue weighted by molar-refractivity contribution is -0.147. The lowest BCUT2D eigenvalue weighted by atomic mass is 10.1. The molecule has 8 heteroatoms. The van der Waals surface area contributed by atoms with Crippen LogP contribution < -0.4 is 15.0 Å². The number of rotatable bonds is 5. The number of hydrogen-bond donors (Lipinski definition) is 1. The maximum Gasteiger partial charge on any atom is 0.412 e. The summed E-state index contributed by atoms with van der Waals surface area (Å²) in [4.78, 5) is 38.2. The van der Waals surface area contributed by atoms with Crippen molar-refractivity contribution >= 4 is 29.3 Å². The third-order valence-electron chi connectivity index (χ3n) is 3.77. The summed E-state index contributed by atoms with van der Waals surface area (Å²) in [6.45, 7) is 10.9. The summed E-state index contributed by atoms with van der Waals surface area (Å²) in [6, 6.07) is 4.01. The van der Waals surface area contributed by atoms with Crippen LogP contribution in [0.3, 0.4) is 0 Å². The van der Waals surface area contributed by atoms with Crippen LogP contribution in [0.15, 0.2) is 18.2 Å². The molecule has 8 nitrogen and oxygen atoms in total. The van der Waals surface area contributed by atoms with Crippen LogP contribution in [-0.2, 0) is 19.1 Å². The molecule has 1 aliphatic rings. The van der Waals surface area contributed by atoms with E-state index in [-0.39, 0.29) is 25.0 Å². The second-order valence-corrected chi connectivity index (χ2v) is 8.06. The fraction of sp³-hybridized carbons (Fsp3) is 0.550. The van der Waals surface area contributed by atoms with Crippen LogP contribution >= 0.6 is 0 Å². The van der Waals surface area contributed by atoms with Crippen molar-refractivity contribution in [3.05, 3.63) is 18.2 Å². The van der Waals surface area contributed by atoms with Crippen LogP contribution in [0.25, 0.3) is 0 Å². The van der Waals surface area contributed by atoms with Crippen molar-refractivity contribution in [2.24, 2.45) is 5.92 Å². The van der Waals surface area contributed by atoms with Crippen LogP contribution in [0.2, 0.25) is 0 Å². The Bertz CT molecular complexity index is 754. The highest BCUT2D eigenvalue weighted by atomic mass is 16.6. The van der Waals surface area contributed by atoms with E-state index < -0.39 is 23.7 Å². The van der Waals surface area contributed by atoms with E-state index in [2.05, 4.69) is 5.32 Å².